The number of ether oxygens (including phenoxy) is 1. The molecule has 0 fully saturated rings. The van der Waals surface area contributed by atoms with Crippen LogP contribution in [0.15, 0.2) is 16.4 Å². The van der Waals surface area contributed by atoms with E-state index in [1.807, 2.05) is 6.92 Å². The molecular formula is C12H15N3O3S. The summed E-state index contributed by atoms with van der Waals surface area (Å²) < 4.78 is 8.36. The van der Waals surface area contributed by atoms with Gasteiger partial charge in [0.1, 0.15) is 12.2 Å². The maximum absolute atomic E-state index is 11.8. The Balaban J connectivity index is 1.95. The predicted octanol–water partition coefficient (Wildman–Crippen LogP) is 1.12. The molecule has 6 nitrogen and oxygen atoms in total. The summed E-state index contributed by atoms with van der Waals surface area (Å²) in [5.74, 6) is -0.411. The third kappa shape index (κ3) is 2.76. The number of carbonyl (C=O) groups is 1. The molecule has 2 heterocycles. The molecule has 0 spiro atoms. The number of aromatic nitrogens is 3. The van der Waals surface area contributed by atoms with E-state index in [0.29, 0.717) is 12.1 Å². The summed E-state index contributed by atoms with van der Waals surface area (Å²) in [6, 6.07) is 0. The molecule has 0 aromatic carbocycles. The van der Waals surface area contributed by atoms with Gasteiger partial charge in [-0.2, -0.15) is 5.10 Å². The van der Waals surface area contributed by atoms with Gasteiger partial charge in [0.2, 0.25) is 0 Å². The molecule has 0 aliphatic heterocycles. The Hall–Kier alpha value is -1.89. The first-order valence-corrected chi connectivity index (χ1v) is 6.69. The van der Waals surface area contributed by atoms with Crippen molar-refractivity contribution in [3.05, 3.63) is 38.2 Å². The van der Waals surface area contributed by atoms with Crippen molar-refractivity contribution in [3.8, 4) is 0 Å². The molecule has 0 amide bonds. The number of thiazole rings is 1. The number of aryl methyl sites for hydroxylation is 2. The number of nitrogens with zero attached hydrogens (tertiary/aromatic N) is 3. The molecule has 0 radical (unpaired) electrons. The quantitative estimate of drug-likeness (QED) is 0.788. The second kappa shape index (κ2) is 5.40. The van der Waals surface area contributed by atoms with Gasteiger partial charge in [-0.25, -0.2) is 4.79 Å². The molecule has 0 unspecified atom stereocenters. The van der Waals surface area contributed by atoms with Crippen molar-refractivity contribution in [3.63, 3.8) is 0 Å². The lowest BCUT2D eigenvalue weighted by molar-refractivity contribution is 0.0489. The molecule has 102 valence electrons. The van der Waals surface area contributed by atoms with E-state index in [2.05, 4.69) is 5.10 Å². The van der Waals surface area contributed by atoms with Gasteiger partial charge in [0.25, 0.3) is 0 Å². The second-order valence-electron chi connectivity index (χ2n) is 4.20. The van der Waals surface area contributed by atoms with Gasteiger partial charge in [-0.1, -0.05) is 11.3 Å². The van der Waals surface area contributed by atoms with Crippen molar-refractivity contribution in [1.82, 2.24) is 14.3 Å². The van der Waals surface area contributed by atoms with Crippen LogP contribution in [-0.2, 0) is 18.3 Å². The van der Waals surface area contributed by atoms with E-state index >= 15 is 0 Å². The van der Waals surface area contributed by atoms with Gasteiger partial charge in [0.05, 0.1) is 12.7 Å². The fourth-order valence-corrected chi connectivity index (χ4v) is 2.44. The van der Waals surface area contributed by atoms with Gasteiger partial charge in [0.15, 0.2) is 0 Å². The van der Waals surface area contributed by atoms with Crippen LogP contribution in [0.5, 0.6) is 0 Å². The van der Waals surface area contributed by atoms with Gasteiger partial charge in [0, 0.05) is 23.8 Å². The lowest BCUT2D eigenvalue weighted by Crippen LogP contribution is -2.19. The van der Waals surface area contributed by atoms with E-state index in [4.69, 9.17) is 4.74 Å². The molecule has 2 rings (SSSR count). The van der Waals surface area contributed by atoms with E-state index in [1.165, 1.54) is 6.20 Å². The van der Waals surface area contributed by atoms with Crippen molar-refractivity contribution in [2.75, 3.05) is 6.61 Å². The topological polar surface area (TPSA) is 66.1 Å². The summed E-state index contributed by atoms with van der Waals surface area (Å²) in [7, 11) is 1.76. The number of esters is 1. The Labute approximate surface area is 114 Å². The molecule has 0 bridgehead atoms. The van der Waals surface area contributed by atoms with Crippen molar-refractivity contribution in [2.24, 2.45) is 7.05 Å². The normalized spacial score (nSPS) is 10.7. The average Bonchev–Trinajstić information content (AvgIpc) is 2.86. The highest BCUT2D eigenvalue weighted by molar-refractivity contribution is 7.07. The summed E-state index contributed by atoms with van der Waals surface area (Å²) in [4.78, 5) is 23.3. The average molecular weight is 281 g/mol. The highest BCUT2D eigenvalue weighted by atomic mass is 32.1. The molecule has 0 saturated heterocycles. The van der Waals surface area contributed by atoms with Crippen molar-refractivity contribution >= 4 is 17.3 Å². The second-order valence-corrected chi connectivity index (χ2v) is 5.02. The van der Waals surface area contributed by atoms with Crippen LogP contribution in [0.4, 0.5) is 0 Å². The number of hydrogen-bond donors (Lipinski definition) is 0. The molecule has 19 heavy (non-hydrogen) atoms. The maximum Gasteiger partial charge on any atom is 0.341 e. The Kier molecular flexibility index (Phi) is 3.84. The zero-order valence-electron chi connectivity index (χ0n) is 11.0. The maximum atomic E-state index is 11.8. The van der Waals surface area contributed by atoms with Crippen LogP contribution < -0.4 is 4.87 Å². The molecular weight excluding hydrogens is 266 g/mol. The molecule has 0 aliphatic rings. The van der Waals surface area contributed by atoms with Crippen molar-refractivity contribution < 1.29 is 9.53 Å². The van der Waals surface area contributed by atoms with Crippen LogP contribution in [0.1, 0.15) is 21.7 Å². The highest BCUT2D eigenvalue weighted by Crippen LogP contribution is 2.07. The first-order valence-electron chi connectivity index (χ1n) is 5.81. The first-order chi connectivity index (χ1) is 9.00. The third-order valence-corrected chi connectivity index (χ3v) is 3.86. The van der Waals surface area contributed by atoms with Crippen LogP contribution >= 0.6 is 11.3 Å². The van der Waals surface area contributed by atoms with E-state index < -0.39 is 5.97 Å². The van der Waals surface area contributed by atoms with E-state index in [0.717, 1.165) is 22.7 Å². The lowest BCUT2D eigenvalue weighted by Gasteiger charge is -2.06. The Morgan fingerprint density at radius 2 is 2.21 bits per heavy atom. The zero-order valence-corrected chi connectivity index (χ0v) is 11.9. The Bertz CT molecular complexity index is 653. The zero-order chi connectivity index (χ0) is 14.0. The third-order valence-electron chi connectivity index (χ3n) is 2.98. The van der Waals surface area contributed by atoms with E-state index in [1.54, 1.807) is 28.6 Å². The number of carbonyl (C=O) groups excluding carboxylic acids is 1. The number of hydrogen-bond acceptors (Lipinski definition) is 5. The number of rotatable bonds is 4. The molecule has 2 aromatic heterocycles. The molecule has 0 atom stereocenters. The lowest BCUT2D eigenvalue weighted by atomic mass is 10.3. The molecule has 7 heteroatoms. The summed E-state index contributed by atoms with van der Waals surface area (Å²) >= 11 is 1.15. The van der Waals surface area contributed by atoms with Crippen molar-refractivity contribution in [1.29, 1.82) is 0 Å². The minimum absolute atomic E-state index is 0.0360. The van der Waals surface area contributed by atoms with Gasteiger partial charge in [-0.3, -0.25) is 14.0 Å². The van der Waals surface area contributed by atoms with Crippen LogP contribution in [0.2, 0.25) is 0 Å². The smallest absolute Gasteiger partial charge is 0.341 e. The van der Waals surface area contributed by atoms with Crippen LogP contribution in [0.25, 0.3) is 0 Å². The fourth-order valence-electron chi connectivity index (χ4n) is 1.68. The minimum Gasteiger partial charge on any atom is -0.460 e. The Morgan fingerprint density at radius 1 is 1.47 bits per heavy atom. The van der Waals surface area contributed by atoms with E-state index in [9.17, 15) is 9.59 Å². The molecule has 0 saturated carbocycles. The molecule has 0 aliphatic carbocycles. The summed E-state index contributed by atoms with van der Waals surface area (Å²) in [6.07, 6.45) is 1.49. The monoisotopic (exact) mass is 281 g/mol. The van der Waals surface area contributed by atoms with Crippen LogP contribution in [0, 0.1) is 13.8 Å². The largest absolute Gasteiger partial charge is 0.460 e. The Morgan fingerprint density at radius 3 is 2.74 bits per heavy atom. The SMILES string of the molecule is Cc1c(C(=O)OCCn2c(C)csc2=O)cnn1C. The van der Waals surface area contributed by atoms with Gasteiger partial charge < -0.3 is 4.74 Å². The molecule has 0 N–H and O–H groups in total. The summed E-state index contributed by atoms with van der Waals surface area (Å²) in [5.41, 5.74) is 2.09. The van der Waals surface area contributed by atoms with Gasteiger partial charge in [-0.05, 0) is 13.8 Å². The summed E-state index contributed by atoms with van der Waals surface area (Å²) in [6.45, 7) is 4.20. The fraction of sp³-hybridized carbons (Fsp3) is 0.417. The first kappa shape index (κ1) is 13.5. The predicted molar refractivity (Wildman–Crippen MR) is 71.5 cm³/mol. The van der Waals surface area contributed by atoms with Crippen LogP contribution in [0.3, 0.4) is 0 Å². The standard InChI is InChI=1S/C12H15N3O3S/c1-8-7-19-12(17)15(8)4-5-18-11(16)10-6-13-14(3)9(10)2/h6-7H,4-5H2,1-3H3. The van der Waals surface area contributed by atoms with Gasteiger partial charge in [-0.15, -0.1) is 0 Å². The van der Waals surface area contributed by atoms with Gasteiger partial charge >= 0.3 is 10.8 Å². The van der Waals surface area contributed by atoms with Crippen molar-refractivity contribution in [2.45, 2.75) is 20.4 Å². The molecule has 2 aromatic rings. The highest BCUT2D eigenvalue weighted by Gasteiger charge is 2.14. The van der Waals surface area contributed by atoms with Crippen LogP contribution in [-0.4, -0.2) is 26.9 Å². The minimum atomic E-state index is -0.411. The van der Waals surface area contributed by atoms with E-state index in [-0.39, 0.29) is 11.5 Å². The summed E-state index contributed by atoms with van der Waals surface area (Å²) in [5, 5.41) is 5.77.